The van der Waals surface area contributed by atoms with E-state index >= 15 is 0 Å². The smallest absolute Gasteiger partial charge is 0.343 e. The third-order valence-corrected chi connectivity index (χ3v) is 5.06. The van der Waals surface area contributed by atoms with Crippen LogP contribution in [0.3, 0.4) is 0 Å². The standard InChI is InChI=1S/C27H36N2O4/c1-3-5-6-7-8-9-10-11-26(30)29-28-21-22-12-16-25(17-13-22)33-27(31)23-14-18-24(19-15-23)32-20-4-2/h12-19,21H,3-11,20H2,1-2H3,(H,29,30)/b28-21-. The minimum atomic E-state index is -0.434. The summed E-state index contributed by atoms with van der Waals surface area (Å²) in [5, 5.41) is 4.00. The SMILES string of the molecule is CCCCCCCCCC(=O)N/N=C\c1ccc(OC(=O)c2ccc(OCCC)cc2)cc1. The second-order valence-electron chi connectivity index (χ2n) is 8.00. The highest BCUT2D eigenvalue weighted by Crippen LogP contribution is 2.16. The first-order chi connectivity index (χ1) is 16.1. The van der Waals surface area contributed by atoms with E-state index in [1.807, 2.05) is 6.92 Å². The number of carbonyl (C=O) groups is 2. The fraction of sp³-hybridized carbons (Fsp3) is 0.444. The summed E-state index contributed by atoms with van der Waals surface area (Å²) in [7, 11) is 0. The first-order valence-electron chi connectivity index (χ1n) is 12.0. The van der Waals surface area contributed by atoms with Crippen LogP contribution < -0.4 is 14.9 Å². The number of nitrogens with zero attached hydrogens (tertiary/aromatic N) is 1. The lowest BCUT2D eigenvalue weighted by Crippen LogP contribution is -2.16. The summed E-state index contributed by atoms with van der Waals surface area (Å²) in [6, 6.07) is 13.8. The zero-order chi connectivity index (χ0) is 23.7. The number of esters is 1. The normalized spacial score (nSPS) is 10.8. The molecule has 0 spiro atoms. The van der Waals surface area contributed by atoms with Gasteiger partial charge in [0.25, 0.3) is 0 Å². The van der Waals surface area contributed by atoms with Gasteiger partial charge in [0.05, 0.1) is 18.4 Å². The highest BCUT2D eigenvalue weighted by Gasteiger charge is 2.09. The van der Waals surface area contributed by atoms with Crippen LogP contribution >= 0.6 is 0 Å². The topological polar surface area (TPSA) is 77.0 Å². The molecular weight excluding hydrogens is 416 g/mol. The Morgan fingerprint density at radius 1 is 0.818 bits per heavy atom. The molecule has 0 aliphatic rings. The van der Waals surface area contributed by atoms with E-state index in [0.717, 1.165) is 30.6 Å². The summed E-state index contributed by atoms with van der Waals surface area (Å²) < 4.78 is 10.9. The van der Waals surface area contributed by atoms with Gasteiger partial charge < -0.3 is 9.47 Å². The number of hydrazone groups is 1. The first-order valence-corrected chi connectivity index (χ1v) is 12.0. The Balaban J connectivity index is 1.70. The van der Waals surface area contributed by atoms with Crippen LogP contribution in [0.15, 0.2) is 53.6 Å². The highest BCUT2D eigenvalue weighted by atomic mass is 16.5. The Kier molecular flexibility index (Phi) is 12.4. The van der Waals surface area contributed by atoms with Crippen LogP contribution in [0.5, 0.6) is 11.5 Å². The van der Waals surface area contributed by atoms with Gasteiger partial charge in [-0.3, -0.25) is 4.79 Å². The van der Waals surface area contributed by atoms with Crippen LogP contribution in [0.2, 0.25) is 0 Å². The summed E-state index contributed by atoms with van der Waals surface area (Å²) in [6.45, 7) is 4.89. The first kappa shape index (κ1) is 26.1. The molecule has 0 saturated carbocycles. The molecule has 0 saturated heterocycles. The van der Waals surface area contributed by atoms with E-state index in [4.69, 9.17) is 9.47 Å². The van der Waals surface area contributed by atoms with Gasteiger partial charge in [0, 0.05) is 6.42 Å². The second-order valence-corrected chi connectivity index (χ2v) is 8.00. The van der Waals surface area contributed by atoms with Crippen molar-refractivity contribution >= 4 is 18.1 Å². The fourth-order valence-corrected chi connectivity index (χ4v) is 3.17. The number of ether oxygens (including phenoxy) is 2. The number of amides is 1. The van der Waals surface area contributed by atoms with Crippen molar-refractivity contribution < 1.29 is 19.1 Å². The molecule has 1 N–H and O–H groups in total. The van der Waals surface area contributed by atoms with Gasteiger partial charge in [-0.05, 0) is 66.9 Å². The maximum atomic E-state index is 12.3. The number of benzene rings is 2. The van der Waals surface area contributed by atoms with Crippen LogP contribution in [-0.2, 0) is 4.79 Å². The van der Waals surface area contributed by atoms with Crippen molar-refractivity contribution in [1.82, 2.24) is 5.43 Å². The summed E-state index contributed by atoms with van der Waals surface area (Å²) in [4.78, 5) is 24.2. The van der Waals surface area contributed by atoms with E-state index in [2.05, 4.69) is 17.5 Å². The zero-order valence-corrected chi connectivity index (χ0v) is 19.8. The van der Waals surface area contributed by atoms with Gasteiger partial charge in [-0.15, -0.1) is 0 Å². The molecule has 178 valence electrons. The molecule has 33 heavy (non-hydrogen) atoms. The van der Waals surface area contributed by atoms with E-state index in [1.54, 1.807) is 54.7 Å². The molecule has 1 amide bonds. The Morgan fingerprint density at radius 2 is 1.45 bits per heavy atom. The van der Waals surface area contributed by atoms with E-state index < -0.39 is 5.97 Å². The predicted octanol–water partition coefficient (Wildman–Crippen LogP) is 6.29. The molecule has 6 heteroatoms. The highest BCUT2D eigenvalue weighted by molar-refractivity contribution is 5.91. The van der Waals surface area contributed by atoms with Crippen molar-refractivity contribution in [2.75, 3.05) is 6.61 Å². The molecule has 0 atom stereocenters. The number of unbranched alkanes of at least 4 members (excludes halogenated alkanes) is 6. The number of hydrogen-bond acceptors (Lipinski definition) is 5. The molecule has 2 aromatic rings. The zero-order valence-electron chi connectivity index (χ0n) is 19.8. The Hall–Kier alpha value is -3.15. The Labute approximate surface area is 197 Å². The lowest BCUT2D eigenvalue weighted by molar-refractivity contribution is -0.121. The van der Waals surface area contributed by atoms with Crippen molar-refractivity contribution in [3.05, 3.63) is 59.7 Å². The summed E-state index contributed by atoms with van der Waals surface area (Å²) in [5.41, 5.74) is 3.81. The molecule has 0 aliphatic carbocycles. The average Bonchev–Trinajstić information content (AvgIpc) is 2.83. The van der Waals surface area contributed by atoms with Crippen LogP contribution in [0.4, 0.5) is 0 Å². The monoisotopic (exact) mass is 452 g/mol. The van der Waals surface area contributed by atoms with Crippen LogP contribution in [0.1, 0.15) is 87.6 Å². The minimum absolute atomic E-state index is 0.0727. The van der Waals surface area contributed by atoms with Gasteiger partial charge in [0.15, 0.2) is 0 Å². The summed E-state index contributed by atoms with van der Waals surface area (Å²) >= 11 is 0. The second kappa shape index (κ2) is 15.6. The number of rotatable bonds is 15. The molecule has 6 nitrogen and oxygen atoms in total. The lowest BCUT2D eigenvalue weighted by atomic mass is 10.1. The Morgan fingerprint density at radius 3 is 2.12 bits per heavy atom. The molecule has 0 unspecified atom stereocenters. The molecular formula is C27H36N2O4. The quantitative estimate of drug-likeness (QED) is 0.113. The van der Waals surface area contributed by atoms with E-state index in [-0.39, 0.29) is 5.91 Å². The van der Waals surface area contributed by atoms with Gasteiger partial charge in [-0.25, -0.2) is 10.2 Å². The third-order valence-electron chi connectivity index (χ3n) is 5.06. The Bertz CT molecular complexity index is 861. The van der Waals surface area contributed by atoms with Crippen molar-refractivity contribution in [3.8, 4) is 11.5 Å². The maximum absolute atomic E-state index is 12.3. The predicted molar refractivity (Wildman–Crippen MR) is 132 cm³/mol. The molecule has 2 rings (SSSR count). The van der Waals surface area contributed by atoms with Crippen molar-refractivity contribution in [1.29, 1.82) is 0 Å². The molecule has 0 bridgehead atoms. The number of nitrogens with one attached hydrogen (secondary N) is 1. The van der Waals surface area contributed by atoms with Gasteiger partial charge in [-0.1, -0.05) is 52.4 Å². The van der Waals surface area contributed by atoms with Gasteiger partial charge in [0.2, 0.25) is 5.91 Å². The number of hydrogen-bond donors (Lipinski definition) is 1. The number of carbonyl (C=O) groups excluding carboxylic acids is 2. The van der Waals surface area contributed by atoms with E-state index in [1.165, 1.54) is 32.1 Å². The average molecular weight is 453 g/mol. The van der Waals surface area contributed by atoms with Crippen molar-refractivity contribution in [3.63, 3.8) is 0 Å². The van der Waals surface area contributed by atoms with Crippen LogP contribution in [0, 0.1) is 0 Å². The van der Waals surface area contributed by atoms with Crippen molar-refractivity contribution in [2.24, 2.45) is 5.10 Å². The summed E-state index contributed by atoms with van der Waals surface area (Å²) in [6.07, 6.45) is 11.2. The maximum Gasteiger partial charge on any atom is 0.343 e. The summed E-state index contributed by atoms with van der Waals surface area (Å²) in [5.74, 6) is 0.658. The molecule has 0 aromatic heterocycles. The molecule has 2 aromatic carbocycles. The van der Waals surface area contributed by atoms with Gasteiger partial charge >= 0.3 is 5.97 Å². The molecule has 0 heterocycles. The van der Waals surface area contributed by atoms with Gasteiger partial charge in [-0.2, -0.15) is 5.10 Å². The van der Waals surface area contributed by atoms with E-state index in [0.29, 0.717) is 24.3 Å². The molecule has 0 aliphatic heterocycles. The van der Waals surface area contributed by atoms with Crippen LogP contribution in [0.25, 0.3) is 0 Å². The third kappa shape index (κ3) is 10.8. The van der Waals surface area contributed by atoms with Crippen LogP contribution in [-0.4, -0.2) is 24.7 Å². The fourth-order valence-electron chi connectivity index (χ4n) is 3.17. The van der Waals surface area contributed by atoms with E-state index in [9.17, 15) is 9.59 Å². The van der Waals surface area contributed by atoms with Gasteiger partial charge in [0.1, 0.15) is 11.5 Å². The van der Waals surface area contributed by atoms with Crippen molar-refractivity contribution in [2.45, 2.75) is 71.6 Å². The molecule has 0 radical (unpaired) electrons. The largest absolute Gasteiger partial charge is 0.494 e. The lowest BCUT2D eigenvalue weighted by Gasteiger charge is -2.07. The minimum Gasteiger partial charge on any atom is -0.494 e. The molecule has 0 fully saturated rings.